The number of hydrogen-bond donors (Lipinski definition) is 2. The van der Waals surface area contributed by atoms with Gasteiger partial charge in [-0.3, -0.25) is 9.79 Å². The van der Waals surface area contributed by atoms with Crippen LogP contribution >= 0.6 is 24.0 Å². The van der Waals surface area contributed by atoms with E-state index in [-0.39, 0.29) is 29.9 Å². The van der Waals surface area contributed by atoms with Gasteiger partial charge in [0, 0.05) is 32.2 Å². The van der Waals surface area contributed by atoms with Gasteiger partial charge in [-0.15, -0.1) is 24.0 Å². The highest BCUT2D eigenvalue weighted by molar-refractivity contribution is 14.0. The predicted molar refractivity (Wildman–Crippen MR) is 132 cm³/mol. The van der Waals surface area contributed by atoms with Crippen molar-refractivity contribution in [1.82, 2.24) is 15.5 Å². The predicted octanol–water partition coefficient (Wildman–Crippen LogP) is 4.09. The summed E-state index contributed by atoms with van der Waals surface area (Å²) >= 11 is 0. The molecular weight excluding hydrogens is 548 g/mol. The molecule has 2 N–H and O–H groups in total. The van der Waals surface area contributed by atoms with Gasteiger partial charge in [0.2, 0.25) is 0 Å². The van der Waals surface area contributed by atoms with Crippen molar-refractivity contribution in [1.29, 1.82) is 0 Å². The number of halogens is 4. The number of ether oxygens (including phenoxy) is 1. The van der Waals surface area contributed by atoms with E-state index in [0.717, 1.165) is 12.1 Å². The van der Waals surface area contributed by atoms with E-state index in [1.54, 1.807) is 25.2 Å². The minimum absolute atomic E-state index is 0. The number of morpholine rings is 1. The molecule has 1 atom stereocenters. The zero-order valence-electron chi connectivity index (χ0n) is 18.3. The van der Waals surface area contributed by atoms with Crippen LogP contribution in [-0.2, 0) is 10.9 Å². The largest absolute Gasteiger partial charge is 0.416 e. The molecule has 0 aliphatic carbocycles. The Bertz CT molecular complexity index is 925. The molecule has 10 heteroatoms. The summed E-state index contributed by atoms with van der Waals surface area (Å²) in [6.45, 7) is 2.46. The number of guanidine groups is 1. The van der Waals surface area contributed by atoms with Crippen LogP contribution < -0.4 is 10.6 Å². The molecule has 0 spiro atoms. The molecule has 0 saturated carbocycles. The van der Waals surface area contributed by atoms with Crippen molar-refractivity contribution in [3.05, 3.63) is 71.3 Å². The van der Waals surface area contributed by atoms with Gasteiger partial charge in [0.25, 0.3) is 5.91 Å². The quantitative estimate of drug-likeness (QED) is 0.236. The third kappa shape index (κ3) is 7.88. The van der Waals surface area contributed by atoms with Gasteiger partial charge in [0.1, 0.15) is 6.10 Å². The SMILES string of the molecule is CN=C(NCCCNC(=O)c1ccccc1)N1CCOC(c2cccc(C(F)(F)F)c2)C1.I. The first-order valence-electron chi connectivity index (χ1n) is 10.5. The van der Waals surface area contributed by atoms with Gasteiger partial charge in [-0.1, -0.05) is 30.3 Å². The van der Waals surface area contributed by atoms with E-state index in [1.807, 2.05) is 23.1 Å². The Morgan fingerprint density at radius 2 is 1.85 bits per heavy atom. The van der Waals surface area contributed by atoms with Crippen molar-refractivity contribution >= 4 is 35.8 Å². The number of carbonyl (C=O) groups is 1. The first-order chi connectivity index (χ1) is 15.4. The van der Waals surface area contributed by atoms with Crippen LogP contribution in [0.2, 0.25) is 0 Å². The number of benzene rings is 2. The van der Waals surface area contributed by atoms with Gasteiger partial charge >= 0.3 is 6.18 Å². The summed E-state index contributed by atoms with van der Waals surface area (Å²) in [5.74, 6) is 0.534. The molecule has 6 nitrogen and oxygen atoms in total. The fourth-order valence-corrected chi connectivity index (χ4v) is 3.47. The lowest BCUT2D eigenvalue weighted by Gasteiger charge is -2.35. The van der Waals surface area contributed by atoms with Crippen molar-refractivity contribution in [2.45, 2.75) is 18.7 Å². The van der Waals surface area contributed by atoms with Crippen molar-refractivity contribution in [3.63, 3.8) is 0 Å². The highest BCUT2D eigenvalue weighted by Crippen LogP contribution is 2.32. The summed E-state index contributed by atoms with van der Waals surface area (Å²) in [6.07, 6.45) is -4.17. The maximum Gasteiger partial charge on any atom is 0.416 e. The molecule has 1 aliphatic rings. The Balaban J connectivity index is 0.00000385. The molecule has 1 heterocycles. The third-order valence-corrected chi connectivity index (χ3v) is 5.12. The van der Waals surface area contributed by atoms with Crippen molar-refractivity contribution in [2.75, 3.05) is 39.8 Å². The second-order valence-corrected chi connectivity index (χ2v) is 7.38. The Kier molecular flexibility index (Phi) is 10.4. The Labute approximate surface area is 208 Å². The van der Waals surface area contributed by atoms with E-state index in [0.29, 0.717) is 56.3 Å². The zero-order chi connectivity index (χ0) is 23.0. The van der Waals surface area contributed by atoms with E-state index >= 15 is 0 Å². The highest BCUT2D eigenvalue weighted by atomic mass is 127. The summed E-state index contributed by atoms with van der Waals surface area (Å²) < 4.78 is 44.8. The van der Waals surface area contributed by atoms with Crippen molar-refractivity contribution in [2.24, 2.45) is 4.99 Å². The van der Waals surface area contributed by atoms with Gasteiger partial charge in [-0.05, 0) is 36.2 Å². The summed E-state index contributed by atoms with van der Waals surface area (Å²) in [5, 5.41) is 6.12. The van der Waals surface area contributed by atoms with Gasteiger partial charge in [-0.2, -0.15) is 13.2 Å². The molecular formula is C23H28F3IN4O2. The Hall–Kier alpha value is -2.34. The molecule has 1 saturated heterocycles. The summed E-state index contributed by atoms with van der Waals surface area (Å²) in [7, 11) is 1.66. The number of rotatable bonds is 6. The topological polar surface area (TPSA) is 66.0 Å². The number of nitrogens with one attached hydrogen (secondary N) is 2. The molecule has 33 heavy (non-hydrogen) atoms. The zero-order valence-corrected chi connectivity index (χ0v) is 20.6. The number of carbonyl (C=O) groups excluding carboxylic acids is 1. The minimum Gasteiger partial charge on any atom is -0.370 e. The molecule has 1 aliphatic heterocycles. The molecule has 1 unspecified atom stereocenters. The van der Waals surface area contributed by atoms with Crippen molar-refractivity contribution < 1.29 is 22.7 Å². The number of alkyl halides is 3. The summed E-state index contributed by atoms with van der Waals surface area (Å²) in [5.41, 5.74) is 0.421. The maximum absolute atomic E-state index is 13.0. The second-order valence-electron chi connectivity index (χ2n) is 7.38. The van der Waals surface area contributed by atoms with Crippen LogP contribution in [0.25, 0.3) is 0 Å². The van der Waals surface area contributed by atoms with Gasteiger partial charge in [-0.25, -0.2) is 0 Å². The Morgan fingerprint density at radius 1 is 1.12 bits per heavy atom. The lowest BCUT2D eigenvalue weighted by molar-refractivity contribution is -0.137. The van der Waals surface area contributed by atoms with Crippen LogP contribution in [0.5, 0.6) is 0 Å². The summed E-state index contributed by atoms with van der Waals surface area (Å²) in [6, 6.07) is 14.2. The monoisotopic (exact) mass is 576 g/mol. The number of nitrogens with zero attached hydrogens (tertiary/aromatic N) is 2. The fourth-order valence-electron chi connectivity index (χ4n) is 3.47. The minimum atomic E-state index is -4.39. The molecule has 1 amide bonds. The molecule has 0 bridgehead atoms. The number of amides is 1. The van der Waals surface area contributed by atoms with E-state index in [9.17, 15) is 18.0 Å². The molecule has 1 fully saturated rings. The lowest BCUT2D eigenvalue weighted by atomic mass is 10.0. The molecule has 0 radical (unpaired) electrons. The molecule has 3 rings (SSSR count). The van der Waals surface area contributed by atoms with E-state index < -0.39 is 17.8 Å². The van der Waals surface area contributed by atoms with E-state index in [1.165, 1.54) is 6.07 Å². The first-order valence-corrected chi connectivity index (χ1v) is 10.5. The van der Waals surface area contributed by atoms with Crippen LogP contribution in [-0.4, -0.2) is 56.6 Å². The Morgan fingerprint density at radius 3 is 2.55 bits per heavy atom. The first kappa shape index (κ1) is 26.9. The highest BCUT2D eigenvalue weighted by Gasteiger charge is 2.32. The van der Waals surface area contributed by atoms with Gasteiger partial charge in [0.15, 0.2) is 5.96 Å². The maximum atomic E-state index is 13.0. The normalized spacial score (nSPS) is 16.7. The smallest absolute Gasteiger partial charge is 0.370 e. The van der Waals surface area contributed by atoms with Crippen LogP contribution in [0.15, 0.2) is 59.6 Å². The molecule has 2 aromatic carbocycles. The van der Waals surface area contributed by atoms with Crippen molar-refractivity contribution in [3.8, 4) is 0 Å². The fraction of sp³-hybridized carbons (Fsp3) is 0.391. The van der Waals surface area contributed by atoms with Crippen LogP contribution in [0.1, 0.15) is 34.0 Å². The van der Waals surface area contributed by atoms with E-state index in [4.69, 9.17) is 4.74 Å². The average molecular weight is 576 g/mol. The third-order valence-electron chi connectivity index (χ3n) is 5.12. The second kappa shape index (κ2) is 12.8. The number of hydrogen-bond acceptors (Lipinski definition) is 3. The molecule has 180 valence electrons. The summed E-state index contributed by atoms with van der Waals surface area (Å²) in [4.78, 5) is 18.3. The average Bonchev–Trinajstić information content (AvgIpc) is 2.81. The van der Waals surface area contributed by atoms with Gasteiger partial charge < -0.3 is 20.3 Å². The standard InChI is InChI=1S/C23H27F3N4O2.HI/c1-27-22(29-12-6-11-28-21(31)17-7-3-2-4-8-17)30-13-14-32-20(16-30)18-9-5-10-19(15-18)23(24,25)26;/h2-5,7-10,15,20H,6,11-14,16H2,1H3,(H,27,29)(H,28,31);1H. The van der Waals surface area contributed by atoms with Crippen LogP contribution in [0, 0.1) is 0 Å². The number of aliphatic imine (C=N–C) groups is 1. The van der Waals surface area contributed by atoms with Crippen LogP contribution in [0.3, 0.4) is 0 Å². The lowest BCUT2D eigenvalue weighted by Crippen LogP contribution is -2.48. The van der Waals surface area contributed by atoms with Crippen LogP contribution in [0.4, 0.5) is 13.2 Å². The van der Waals surface area contributed by atoms with Gasteiger partial charge in [0.05, 0.1) is 18.7 Å². The van der Waals surface area contributed by atoms with E-state index in [2.05, 4.69) is 15.6 Å². The molecule has 0 aromatic heterocycles. The molecule has 2 aromatic rings.